The summed E-state index contributed by atoms with van der Waals surface area (Å²) in [5.41, 5.74) is 0.931. The molecular weight excluding hydrogens is 528 g/mol. The van der Waals surface area contributed by atoms with Gasteiger partial charge in [0.05, 0.1) is 31.8 Å². The fourth-order valence-corrected chi connectivity index (χ4v) is 5.32. The van der Waals surface area contributed by atoms with Crippen molar-refractivity contribution in [1.29, 1.82) is 0 Å². The Balaban J connectivity index is 1.52. The van der Waals surface area contributed by atoms with Gasteiger partial charge in [-0.3, -0.25) is 4.79 Å². The molecule has 3 aliphatic rings. The van der Waals surface area contributed by atoms with Gasteiger partial charge < -0.3 is 29.2 Å². The number of nitrogens with zero attached hydrogens (tertiary/aromatic N) is 3. The van der Waals surface area contributed by atoms with Crippen LogP contribution in [0.2, 0.25) is 0 Å². The molecule has 1 N–H and O–H groups in total. The number of carbonyl (C=O) groups excluding carboxylic acids is 3. The van der Waals surface area contributed by atoms with Crippen LogP contribution in [-0.4, -0.2) is 77.9 Å². The lowest BCUT2D eigenvalue weighted by Crippen LogP contribution is -2.57. The van der Waals surface area contributed by atoms with E-state index in [0.717, 1.165) is 19.3 Å². The molecule has 1 saturated carbocycles. The van der Waals surface area contributed by atoms with Gasteiger partial charge in [0.25, 0.3) is 0 Å². The number of aromatic nitrogens is 2. The Morgan fingerprint density at radius 2 is 1.93 bits per heavy atom. The number of methoxy groups -OCH3 is 2. The van der Waals surface area contributed by atoms with E-state index in [-0.39, 0.29) is 30.9 Å². The molecule has 1 saturated heterocycles. The van der Waals surface area contributed by atoms with Crippen LogP contribution < -0.4 is 14.8 Å². The number of rotatable bonds is 2. The smallest absolute Gasteiger partial charge is 0.408 e. The predicted molar refractivity (Wildman–Crippen MR) is 148 cm³/mol. The first-order chi connectivity index (χ1) is 19.6. The molecule has 2 aliphatic heterocycles. The molecule has 2 bridgehead atoms. The number of alkyl carbamates (subject to hydrolysis) is 1. The third-order valence-corrected chi connectivity index (χ3v) is 7.71. The summed E-state index contributed by atoms with van der Waals surface area (Å²) in [6.07, 6.45) is 1.89. The quantitative estimate of drug-likeness (QED) is 0.432. The van der Waals surface area contributed by atoms with Gasteiger partial charge in [-0.2, -0.15) is 0 Å². The van der Waals surface area contributed by atoms with Gasteiger partial charge in [-0.25, -0.2) is 19.6 Å². The molecular formula is C30H36N4O7. The molecule has 1 aliphatic carbocycles. The number of esters is 1. The van der Waals surface area contributed by atoms with Crippen molar-refractivity contribution in [2.45, 2.75) is 77.2 Å². The van der Waals surface area contributed by atoms with E-state index < -0.39 is 41.6 Å². The molecule has 0 spiro atoms. The highest BCUT2D eigenvalue weighted by atomic mass is 16.6. The first-order valence-electron chi connectivity index (χ1n) is 13.9. The van der Waals surface area contributed by atoms with Crippen LogP contribution in [0.15, 0.2) is 18.2 Å². The summed E-state index contributed by atoms with van der Waals surface area (Å²) >= 11 is 0. The molecule has 2 amide bonds. The monoisotopic (exact) mass is 564 g/mol. The summed E-state index contributed by atoms with van der Waals surface area (Å²) in [6, 6.07) is 3.53. The highest BCUT2D eigenvalue weighted by Gasteiger charge is 2.47. The number of amides is 2. The molecule has 1 aromatic heterocycles. The minimum Gasteiger partial charge on any atom is -0.497 e. The normalized spacial score (nSPS) is 26.6. The van der Waals surface area contributed by atoms with Gasteiger partial charge in [0.15, 0.2) is 5.69 Å². The lowest BCUT2D eigenvalue weighted by molar-refractivity contribution is -0.152. The van der Waals surface area contributed by atoms with Crippen LogP contribution in [0.4, 0.5) is 4.79 Å². The fourth-order valence-electron chi connectivity index (χ4n) is 5.32. The van der Waals surface area contributed by atoms with Gasteiger partial charge in [0.1, 0.15) is 30.0 Å². The number of fused-ring (bicyclic) bond motifs is 5. The van der Waals surface area contributed by atoms with Crippen molar-refractivity contribution in [3.8, 4) is 23.5 Å². The summed E-state index contributed by atoms with van der Waals surface area (Å²) in [7, 11) is 2.85. The number of benzene rings is 1. The molecule has 3 heterocycles. The first kappa shape index (κ1) is 28.5. The van der Waals surface area contributed by atoms with E-state index in [4.69, 9.17) is 28.9 Å². The highest BCUT2D eigenvalue weighted by molar-refractivity contribution is 5.91. The largest absolute Gasteiger partial charge is 0.497 e. The van der Waals surface area contributed by atoms with Crippen LogP contribution in [0.5, 0.6) is 11.6 Å². The molecule has 11 heteroatoms. The lowest BCUT2D eigenvalue weighted by Gasteiger charge is -2.34. The van der Waals surface area contributed by atoms with E-state index in [2.05, 4.69) is 17.2 Å². The average molecular weight is 565 g/mol. The second-order valence-corrected chi connectivity index (χ2v) is 11.8. The zero-order chi connectivity index (χ0) is 29.3. The topological polar surface area (TPSA) is 129 Å². The molecule has 2 aromatic rings. The van der Waals surface area contributed by atoms with E-state index in [0.29, 0.717) is 28.9 Å². The maximum Gasteiger partial charge on any atom is 0.408 e. The Morgan fingerprint density at radius 3 is 2.66 bits per heavy atom. The summed E-state index contributed by atoms with van der Waals surface area (Å²) in [6.45, 7) is 5.63. The van der Waals surface area contributed by atoms with E-state index in [1.54, 1.807) is 19.2 Å². The van der Waals surface area contributed by atoms with Gasteiger partial charge in [0.2, 0.25) is 11.8 Å². The van der Waals surface area contributed by atoms with E-state index in [9.17, 15) is 14.4 Å². The Labute approximate surface area is 239 Å². The maximum atomic E-state index is 13.9. The average Bonchev–Trinajstić information content (AvgIpc) is 3.53. The summed E-state index contributed by atoms with van der Waals surface area (Å²) < 4.78 is 22.3. The second-order valence-electron chi connectivity index (χ2n) is 11.8. The van der Waals surface area contributed by atoms with Crippen molar-refractivity contribution in [3.63, 3.8) is 0 Å². The third-order valence-electron chi connectivity index (χ3n) is 7.71. The number of hydrogen-bond acceptors (Lipinski definition) is 9. The fraction of sp³-hybridized carbons (Fsp3) is 0.567. The van der Waals surface area contributed by atoms with E-state index >= 15 is 0 Å². The zero-order valence-corrected chi connectivity index (χ0v) is 24.1. The lowest BCUT2D eigenvalue weighted by atomic mass is 9.85. The van der Waals surface area contributed by atoms with Crippen LogP contribution in [0.3, 0.4) is 0 Å². The minimum absolute atomic E-state index is 0.0807. The Morgan fingerprint density at radius 1 is 1.12 bits per heavy atom. The number of hydrogen-bond donors (Lipinski definition) is 1. The molecule has 5 atom stereocenters. The number of ether oxygens (including phenoxy) is 4. The molecule has 2 fully saturated rings. The first-order valence-corrected chi connectivity index (χ1v) is 13.9. The highest BCUT2D eigenvalue weighted by Crippen LogP contribution is 2.38. The van der Waals surface area contributed by atoms with Crippen molar-refractivity contribution in [2.24, 2.45) is 11.3 Å². The van der Waals surface area contributed by atoms with Gasteiger partial charge in [-0.05, 0) is 48.6 Å². The van der Waals surface area contributed by atoms with Gasteiger partial charge in [0, 0.05) is 18.9 Å². The summed E-state index contributed by atoms with van der Waals surface area (Å²) in [4.78, 5) is 50.4. The maximum absolute atomic E-state index is 13.9. The van der Waals surface area contributed by atoms with Gasteiger partial charge >= 0.3 is 12.1 Å². The number of carbonyl (C=O) groups is 3. The Kier molecular flexibility index (Phi) is 7.93. The van der Waals surface area contributed by atoms with Crippen molar-refractivity contribution < 1.29 is 33.3 Å². The minimum atomic E-state index is -0.939. The van der Waals surface area contributed by atoms with Crippen LogP contribution in [0.25, 0.3) is 11.0 Å². The standard InChI is InChI=1S/C30H36N4O7/c1-30(2,3)25-27(35)34-16-19(15-23(34)28(36)39-5)40-26-21(31-20-12-11-18(38-4)14-22(20)32-26)10-8-6-7-9-17-13-24(17)41-29(37)33-25/h11-12,14,17,19,23-25H,6-7,9,13,15-16H2,1-5H3,(H,33,37)/t17-,19-,23+,24-,25?/m1/s1. The zero-order valence-electron chi connectivity index (χ0n) is 24.1. The van der Waals surface area contributed by atoms with Crippen LogP contribution in [0, 0.1) is 23.2 Å². The Bertz CT molecular complexity index is 1410. The van der Waals surface area contributed by atoms with Crippen LogP contribution >= 0.6 is 0 Å². The summed E-state index contributed by atoms with van der Waals surface area (Å²) in [5.74, 6) is 6.41. The Hall–Kier alpha value is -4.07. The molecule has 41 heavy (non-hydrogen) atoms. The molecule has 1 aromatic carbocycles. The SMILES string of the molecule is COC(=O)[C@@H]1C[C@@H]2CN1C(=O)C(C(C)(C)C)NC(=O)O[C@@H]1C[C@H]1CCCC#Cc1nc3ccc(OC)cc3nc1O2. The number of nitrogens with one attached hydrogen (secondary N) is 1. The molecule has 11 nitrogen and oxygen atoms in total. The summed E-state index contributed by atoms with van der Waals surface area (Å²) in [5, 5.41) is 2.77. The molecule has 5 rings (SSSR count). The predicted octanol–water partition coefficient (Wildman–Crippen LogP) is 3.22. The van der Waals surface area contributed by atoms with Gasteiger partial charge in [-0.1, -0.05) is 26.7 Å². The van der Waals surface area contributed by atoms with Crippen LogP contribution in [0.1, 0.15) is 58.6 Å². The molecule has 0 radical (unpaired) electrons. The van der Waals surface area contributed by atoms with Crippen molar-refractivity contribution >= 4 is 29.0 Å². The van der Waals surface area contributed by atoms with Crippen molar-refractivity contribution in [1.82, 2.24) is 20.2 Å². The van der Waals surface area contributed by atoms with Crippen molar-refractivity contribution in [3.05, 3.63) is 23.9 Å². The van der Waals surface area contributed by atoms with Crippen molar-refractivity contribution in [2.75, 3.05) is 20.8 Å². The third kappa shape index (κ3) is 6.32. The van der Waals surface area contributed by atoms with Gasteiger partial charge in [-0.15, -0.1) is 0 Å². The van der Waals surface area contributed by atoms with E-state index in [1.165, 1.54) is 12.0 Å². The van der Waals surface area contributed by atoms with E-state index in [1.807, 2.05) is 26.8 Å². The molecule has 1 unspecified atom stereocenters. The molecule has 218 valence electrons. The van der Waals surface area contributed by atoms with Crippen LogP contribution in [-0.2, 0) is 19.1 Å². The second kappa shape index (κ2) is 11.4.